The van der Waals surface area contributed by atoms with E-state index in [1.807, 2.05) is 6.92 Å². The predicted molar refractivity (Wildman–Crippen MR) is 78.6 cm³/mol. The lowest BCUT2D eigenvalue weighted by Gasteiger charge is -2.34. The lowest BCUT2D eigenvalue weighted by molar-refractivity contribution is 0.0598. The maximum atomic E-state index is 9.73. The van der Waals surface area contributed by atoms with Crippen molar-refractivity contribution in [1.29, 1.82) is 0 Å². The van der Waals surface area contributed by atoms with Crippen molar-refractivity contribution >= 4 is 15.9 Å². The van der Waals surface area contributed by atoms with Crippen molar-refractivity contribution in [2.45, 2.75) is 39.3 Å². The fourth-order valence-corrected chi connectivity index (χ4v) is 3.10. The Morgan fingerprint density at radius 2 is 2.28 bits per heavy atom. The number of aliphatic hydroxyl groups excluding tert-OH is 1. The zero-order chi connectivity index (χ0) is 13.1. The molecule has 0 bridgehead atoms. The molecule has 0 amide bonds. The van der Waals surface area contributed by atoms with E-state index >= 15 is 0 Å². The first-order chi connectivity index (χ1) is 8.58. The molecule has 1 N–H and O–H groups in total. The van der Waals surface area contributed by atoms with Crippen LogP contribution in [0.5, 0.6) is 0 Å². The van der Waals surface area contributed by atoms with Crippen molar-refractivity contribution in [2.24, 2.45) is 5.92 Å². The molecule has 0 aromatic heterocycles. The fourth-order valence-electron chi connectivity index (χ4n) is 2.69. The van der Waals surface area contributed by atoms with Gasteiger partial charge in [-0.3, -0.25) is 4.90 Å². The Labute approximate surface area is 118 Å². The standard InChI is InChI=1S/C15H22BrNO/c1-11-13(5-3-7-15(11)16)9-17-8-4-6-14(10-17)12(2)18/h3,5,7,12,14,18H,4,6,8-10H2,1-2H3. The highest BCUT2D eigenvalue weighted by Gasteiger charge is 2.23. The summed E-state index contributed by atoms with van der Waals surface area (Å²) in [5.74, 6) is 0.436. The van der Waals surface area contributed by atoms with Crippen molar-refractivity contribution in [3.8, 4) is 0 Å². The summed E-state index contributed by atoms with van der Waals surface area (Å²) in [5, 5.41) is 9.73. The normalized spacial score (nSPS) is 23.0. The lowest BCUT2D eigenvalue weighted by Crippen LogP contribution is -2.39. The lowest BCUT2D eigenvalue weighted by atomic mass is 9.93. The van der Waals surface area contributed by atoms with E-state index in [1.54, 1.807) is 0 Å². The fraction of sp³-hybridized carbons (Fsp3) is 0.600. The van der Waals surface area contributed by atoms with E-state index in [2.05, 4.69) is 46.0 Å². The van der Waals surface area contributed by atoms with Crippen LogP contribution in [0.1, 0.15) is 30.9 Å². The Balaban J connectivity index is 2.03. The van der Waals surface area contributed by atoms with Crippen LogP contribution >= 0.6 is 15.9 Å². The molecule has 1 fully saturated rings. The second kappa shape index (κ2) is 6.18. The van der Waals surface area contributed by atoms with Crippen LogP contribution in [0.3, 0.4) is 0 Å². The molecule has 1 aliphatic rings. The van der Waals surface area contributed by atoms with Crippen molar-refractivity contribution in [3.05, 3.63) is 33.8 Å². The molecule has 18 heavy (non-hydrogen) atoms. The molecule has 0 aliphatic carbocycles. The van der Waals surface area contributed by atoms with E-state index in [1.165, 1.54) is 22.0 Å². The summed E-state index contributed by atoms with van der Waals surface area (Å²) in [6, 6.07) is 6.39. The number of rotatable bonds is 3. The number of piperidine rings is 1. The number of hydrogen-bond acceptors (Lipinski definition) is 2. The second-order valence-electron chi connectivity index (χ2n) is 5.40. The Morgan fingerprint density at radius 1 is 1.50 bits per heavy atom. The average Bonchev–Trinajstić information content (AvgIpc) is 2.35. The molecule has 0 saturated carbocycles. The average molecular weight is 312 g/mol. The van der Waals surface area contributed by atoms with Gasteiger partial charge in [0.1, 0.15) is 0 Å². The van der Waals surface area contributed by atoms with E-state index in [0.717, 1.165) is 26.1 Å². The molecule has 2 atom stereocenters. The van der Waals surface area contributed by atoms with Gasteiger partial charge in [0.15, 0.2) is 0 Å². The van der Waals surface area contributed by atoms with E-state index in [4.69, 9.17) is 0 Å². The molecule has 2 rings (SSSR count). The van der Waals surface area contributed by atoms with Gasteiger partial charge in [-0.15, -0.1) is 0 Å². The third-order valence-electron chi connectivity index (χ3n) is 4.00. The van der Waals surface area contributed by atoms with Gasteiger partial charge in [-0.1, -0.05) is 28.1 Å². The maximum Gasteiger partial charge on any atom is 0.0552 e. The zero-order valence-corrected chi connectivity index (χ0v) is 12.8. The third kappa shape index (κ3) is 3.34. The van der Waals surface area contributed by atoms with Gasteiger partial charge in [0.2, 0.25) is 0 Å². The highest BCUT2D eigenvalue weighted by molar-refractivity contribution is 9.10. The Bertz CT molecular complexity index is 405. The number of halogens is 1. The monoisotopic (exact) mass is 311 g/mol. The van der Waals surface area contributed by atoms with Crippen LogP contribution in [-0.2, 0) is 6.54 Å². The summed E-state index contributed by atoms with van der Waals surface area (Å²) < 4.78 is 1.18. The highest BCUT2D eigenvalue weighted by atomic mass is 79.9. The summed E-state index contributed by atoms with van der Waals surface area (Å²) in [5.41, 5.74) is 2.72. The first-order valence-electron chi connectivity index (χ1n) is 6.72. The van der Waals surface area contributed by atoms with Crippen molar-refractivity contribution in [2.75, 3.05) is 13.1 Å². The van der Waals surface area contributed by atoms with Gasteiger partial charge in [0.05, 0.1) is 6.10 Å². The van der Waals surface area contributed by atoms with Gasteiger partial charge >= 0.3 is 0 Å². The van der Waals surface area contributed by atoms with Crippen LogP contribution < -0.4 is 0 Å². The van der Waals surface area contributed by atoms with Gasteiger partial charge < -0.3 is 5.11 Å². The molecule has 100 valence electrons. The summed E-state index contributed by atoms with van der Waals surface area (Å²) >= 11 is 3.59. The maximum absolute atomic E-state index is 9.73. The van der Waals surface area contributed by atoms with Gasteiger partial charge in [-0.25, -0.2) is 0 Å². The number of aliphatic hydroxyl groups is 1. The Kier molecular flexibility index (Phi) is 4.82. The quantitative estimate of drug-likeness (QED) is 0.925. The van der Waals surface area contributed by atoms with Crippen LogP contribution in [-0.4, -0.2) is 29.2 Å². The predicted octanol–water partition coefficient (Wildman–Crippen LogP) is 3.35. The minimum absolute atomic E-state index is 0.184. The van der Waals surface area contributed by atoms with E-state index in [9.17, 15) is 5.11 Å². The molecule has 0 spiro atoms. The van der Waals surface area contributed by atoms with Crippen molar-refractivity contribution in [3.63, 3.8) is 0 Å². The number of likely N-dealkylation sites (tertiary alicyclic amines) is 1. The minimum atomic E-state index is -0.184. The Hall–Kier alpha value is -0.380. The molecular weight excluding hydrogens is 290 g/mol. The molecule has 1 aromatic carbocycles. The summed E-state index contributed by atoms with van der Waals surface area (Å²) in [4.78, 5) is 2.47. The highest BCUT2D eigenvalue weighted by Crippen LogP contribution is 2.24. The van der Waals surface area contributed by atoms with Crippen molar-refractivity contribution < 1.29 is 5.11 Å². The molecule has 0 radical (unpaired) electrons. The van der Waals surface area contributed by atoms with Gasteiger partial charge in [0, 0.05) is 17.6 Å². The second-order valence-corrected chi connectivity index (χ2v) is 6.26. The molecule has 1 aliphatic heterocycles. The Morgan fingerprint density at radius 3 is 3.00 bits per heavy atom. The molecule has 1 saturated heterocycles. The van der Waals surface area contributed by atoms with Crippen LogP contribution in [0.2, 0.25) is 0 Å². The molecule has 2 nitrogen and oxygen atoms in total. The first-order valence-corrected chi connectivity index (χ1v) is 7.51. The summed E-state index contributed by atoms with van der Waals surface area (Å²) in [6.45, 7) is 7.24. The van der Waals surface area contributed by atoms with Crippen LogP contribution in [0.25, 0.3) is 0 Å². The van der Waals surface area contributed by atoms with E-state index < -0.39 is 0 Å². The van der Waals surface area contributed by atoms with E-state index in [-0.39, 0.29) is 6.10 Å². The molecule has 1 aromatic rings. The number of nitrogens with zero attached hydrogens (tertiary/aromatic N) is 1. The molecule has 2 unspecified atom stereocenters. The first kappa shape index (κ1) is 14.0. The van der Waals surface area contributed by atoms with Gasteiger partial charge in [-0.05, 0) is 56.3 Å². The van der Waals surface area contributed by atoms with E-state index in [0.29, 0.717) is 5.92 Å². The van der Waals surface area contributed by atoms with Gasteiger partial charge in [0.25, 0.3) is 0 Å². The molecule has 1 heterocycles. The zero-order valence-electron chi connectivity index (χ0n) is 11.2. The topological polar surface area (TPSA) is 23.5 Å². The summed E-state index contributed by atoms with van der Waals surface area (Å²) in [7, 11) is 0. The van der Waals surface area contributed by atoms with Gasteiger partial charge in [-0.2, -0.15) is 0 Å². The summed E-state index contributed by atoms with van der Waals surface area (Å²) in [6.07, 6.45) is 2.17. The third-order valence-corrected chi connectivity index (χ3v) is 4.86. The minimum Gasteiger partial charge on any atom is -0.393 e. The van der Waals surface area contributed by atoms with Crippen LogP contribution in [0, 0.1) is 12.8 Å². The largest absolute Gasteiger partial charge is 0.393 e. The van der Waals surface area contributed by atoms with Crippen LogP contribution in [0.4, 0.5) is 0 Å². The number of hydrogen-bond donors (Lipinski definition) is 1. The van der Waals surface area contributed by atoms with Crippen LogP contribution in [0.15, 0.2) is 22.7 Å². The smallest absolute Gasteiger partial charge is 0.0552 e. The molecular formula is C15H22BrNO. The number of benzene rings is 1. The van der Waals surface area contributed by atoms with Crippen molar-refractivity contribution in [1.82, 2.24) is 4.90 Å². The SMILES string of the molecule is Cc1c(Br)cccc1CN1CCCC(C(C)O)C1. The molecule has 3 heteroatoms.